The van der Waals surface area contributed by atoms with Crippen LogP contribution in [0.3, 0.4) is 0 Å². The van der Waals surface area contributed by atoms with Crippen molar-refractivity contribution in [1.29, 1.82) is 0 Å². The van der Waals surface area contributed by atoms with E-state index in [0.29, 0.717) is 11.5 Å². The van der Waals surface area contributed by atoms with Crippen LogP contribution in [0.1, 0.15) is 43.0 Å². The maximum absolute atomic E-state index is 11.8. The third-order valence-electron chi connectivity index (χ3n) is 3.19. The molecule has 2 rings (SSSR count). The van der Waals surface area contributed by atoms with Gasteiger partial charge < -0.3 is 0 Å². The highest BCUT2D eigenvalue weighted by atomic mass is 16.2. The number of hydrogen-bond donors (Lipinski definition) is 1. The molecule has 17 heavy (non-hydrogen) atoms. The molecule has 0 radical (unpaired) electrons. The molecule has 0 saturated heterocycles. The van der Waals surface area contributed by atoms with Crippen molar-refractivity contribution < 1.29 is 4.79 Å². The van der Waals surface area contributed by atoms with E-state index in [-0.39, 0.29) is 5.91 Å². The first-order valence-corrected chi connectivity index (χ1v) is 6.08. The van der Waals surface area contributed by atoms with E-state index in [1.807, 2.05) is 0 Å². The Labute approximate surface area is 101 Å². The molecule has 4 heteroatoms. The Morgan fingerprint density at radius 2 is 2.29 bits per heavy atom. The Hall–Kier alpha value is -1.71. The van der Waals surface area contributed by atoms with E-state index < -0.39 is 0 Å². The van der Waals surface area contributed by atoms with Gasteiger partial charge in [-0.2, -0.15) is 5.10 Å². The molecule has 0 spiro atoms. The van der Waals surface area contributed by atoms with Crippen LogP contribution in [-0.2, 0) is 0 Å². The number of hydrogen-bond acceptors (Lipinski definition) is 3. The molecule has 4 nitrogen and oxygen atoms in total. The fourth-order valence-corrected chi connectivity index (χ4v) is 2.18. The quantitative estimate of drug-likeness (QED) is 0.812. The summed E-state index contributed by atoms with van der Waals surface area (Å²) < 4.78 is 0. The van der Waals surface area contributed by atoms with Crippen LogP contribution in [0.25, 0.3) is 0 Å². The summed E-state index contributed by atoms with van der Waals surface area (Å²) in [4.78, 5) is 15.6. The SMILES string of the molecule is CCC1CCCC1=NNC(=O)c1ccncc1. The Kier molecular flexibility index (Phi) is 3.85. The highest BCUT2D eigenvalue weighted by molar-refractivity contribution is 5.96. The minimum atomic E-state index is -0.165. The Morgan fingerprint density at radius 1 is 1.53 bits per heavy atom. The van der Waals surface area contributed by atoms with Gasteiger partial charge in [-0.05, 0) is 43.7 Å². The predicted molar refractivity (Wildman–Crippen MR) is 66.8 cm³/mol. The van der Waals surface area contributed by atoms with Gasteiger partial charge in [0, 0.05) is 23.7 Å². The molecule has 1 aliphatic rings. The molecule has 1 saturated carbocycles. The van der Waals surface area contributed by atoms with Gasteiger partial charge in [0.15, 0.2) is 0 Å². The standard InChI is InChI=1S/C13H17N3O/c1-2-10-4-3-5-12(10)15-16-13(17)11-6-8-14-9-7-11/h6-10H,2-5H2,1H3,(H,16,17). The van der Waals surface area contributed by atoms with Crippen molar-refractivity contribution in [2.45, 2.75) is 32.6 Å². The number of hydrazone groups is 1. The lowest BCUT2D eigenvalue weighted by atomic mass is 10.0. The fourth-order valence-electron chi connectivity index (χ4n) is 2.18. The van der Waals surface area contributed by atoms with Crippen molar-refractivity contribution in [3.63, 3.8) is 0 Å². The van der Waals surface area contributed by atoms with Crippen LogP contribution >= 0.6 is 0 Å². The summed E-state index contributed by atoms with van der Waals surface area (Å²) in [6.45, 7) is 2.16. The van der Waals surface area contributed by atoms with Gasteiger partial charge in [0.2, 0.25) is 0 Å². The number of rotatable bonds is 3. The van der Waals surface area contributed by atoms with Crippen LogP contribution in [0.5, 0.6) is 0 Å². The second kappa shape index (κ2) is 5.57. The molecule has 90 valence electrons. The lowest BCUT2D eigenvalue weighted by Crippen LogP contribution is -2.20. The van der Waals surface area contributed by atoms with E-state index in [1.54, 1.807) is 24.5 Å². The van der Waals surface area contributed by atoms with Crippen LogP contribution in [-0.4, -0.2) is 16.6 Å². The van der Waals surface area contributed by atoms with Gasteiger partial charge in [0.1, 0.15) is 0 Å². The van der Waals surface area contributed by atoms with Crippen molar-refractivity contribution in [3.05, 3.63) is 30.1 Å². The van der Waals surface area contributed by atoms with E-state index in [1.165, 1.54) is 12.8 Å². The summed E-state index contributed by atoms with van der Waals surface area (Å²) >= 11 is 0. The van der Waals surface area contributed by atoms with Crippen LogP contribution in [0, 0.1) is 5.92 Å². The molecule has 0 aromatic carbocycles. The highest BCUT2D eigenvalue weighted by Crippen LogP contribution is 2.24. The zero-order chi connectivity index (χ0) is 12.1. The average molecular weight is 231 g/mol. The lowest BCUT2D eigenvalue weighted by Gasteiger charge is -2.07. The molecule has 1 atom stereocenters. The minimum absolute atomic E-state index is 0.165. The first-order valence-electron chi connectivity index (χ1n) is 6.08. The Morgan fingerprint density at radius 3 is 3.00 bits per heavy atom. The summed E-state index contributed by atoms with van der Waals surface area (Å²) in [6.07, 6.45) is 7.70. The first kappa shape index (κ1) is 11.8. The summed E-state index contributed by atoms with van der Waals surface area (Å²) in [7, 11) is 0. The maximum Gasteiger partial charge on any atom is 0.271 e. The van der Waals surface area contributed by atoms with Gasteiger partial charge >= 0.3 is 0 Å². The van der Waals surface area contributed by atoms with Crippen molar-refractivity contribution in [2.24, 2.45) is 11.0 Å². The van der Waals surface area contributed by atoms with Crippen LogP contribution in [0.15, 0.2) is 29.6 Å². The van der Waals surface area contributed by atoms with Gasteiger partial charge in [-0.1, -0.05) is 6.92 Å². The Balaban J connectivity index is 1.98. The molecule has 0 aliphatic heterocycles. The summed E-state index contributed by atoms with van der Waals surface area (Å²) in [5.74, 6) is 0.384. The largest absolute Gasteiger partial charge is 0.271 e. The average Bonchev–Trinajstić information content (AvgIpc) is 2.84. The zero-order valence-corrected chi connectivity index (χ0v) is 10.0. The van der Waals surface area contributed by atoms with E-state index in [0.717, 1.165) is 18.6 Å². The van der Waals surface area contributed by atoms with Crippen LogP contribution < -0.4 is 5.43 Å². The summed E-state index contributed by atoms with van der Waals surface area (Å²) in [5.41, 5.74) is 4.35. The van der Waals surface area contributed by atoms with Gasteiger partial charge in [0.25, 0.3) is 5.91 Å². The van der Waals surface area contributed by atoms with E-state index in [2.05, 4.69) is 22.4 Å². The van der Waals surface area contributed by atoms with E-state index in [4.69, 9.17) is 0 Å². The number of pyridine rings is 1. The van der Waals surface area contributed by atoms with Gasteiger partial charge in [-0.15, -0.1) is 0 Å². The molecule has 1 aromatic rings. The van der Waals surface area contributed by atoms with Crippen LogP contribution in [0.2, 0.25) is 0 Å². The number of nitrogens with one attached hydrogen (secondary N) is 1. The number of carbonyl (C=O) groups is 1. The second-order valence-electron chi connectivity index (χ2n) is 4.28. The van der Waals surface area contributed by atoms with Crippen molar-refractivity contribution in [1.82, 2.24) is 10.4 Å². The molecule has 1 aliphatic carbocycles. The number of aromatic nitrogens is 1. The topological polar surface area (TPSA) is 54.4 Å². The van der Waals surface area contributed by atoms with Crippen molar-refractivity contribution in [3.8, 4) is 0 Å². The Bertz CT molecular complexity index is 414. The molecular formula is C13H17N3O. The summed E-state index contributed by atoms with van der Waals surface area (Å²) in [5, 5.41) is 4.25. The molecule has 0 bridgehead atoms. The van der Waals surface area contributed by atoms with Crippen molar-refractivity contribution >= 4 is 11.6 Å². The maximum atomic E-state index is 11.8. The zero-order valence-electron chi connectivity index (χ0n) is 10.0. The molecule has 1 heterocycles. The smallest absolute Gasteiger partial charge is 0.267 e. The molecular weight excluding hydrogens is 214 g/mol. The third-order valence-corrected chi connectivity index (χ3v) is 3.19. The third kappa shape index (κ3) is 2.90. The fraction of sp³-hybridized carbons (Fsp3) is 0.462. The number of amides is 1. The normalized spacial score (nSPS) is 21.7. The monoisotopic (exact) mass is 231 g/mol. The molecule has 1 amide bonds. The molecule has 1 fully saturated rings. The van der Waals surface area contributed by atoms with E-state index in [9.17, 15) is 4.79 Å². The highest BCUT2D eigenvalue weighted by Gasteiger charge is 2.20. The molecule has 1 N–H and O–H groups in total. The summed E-state index contributed by atoms with van der Waals surface area (Å²) in [6, 6.07) is 3.36. The molecule has 1 unspecified atom stereocenters. The van der Waals surface area contributed by atoms with Crippen molar-refractivity contribution in [2.75, 3.05) is 0 Å². The molecule has 1 aromatic heterocycles. The van der Waals surface area contributed by atoms with Gasteiger partial charge in [-0.25, -0.2) is 5.43 Å². The number of carbonyl (C=O) groups excluding carboxylic acids is 1. The number of nitrogens with zero attached hydrogens (tertiary/aromatic N) is 2. The van der Waals surface area contributed by atoms with Gasteiger partial charge in [-0.3, -0.25) is 9.78 Å². The minimum Gasteiger partial charge on any atom is -0.267 e. The second-order valence-corrected chi connectivity index (χ2v) is 4.28. The van der Waals surface area contributed by atoms with Gasteiger partial charge in [0.05, 0.1) is 0 Å². The predicted octanol–water partition coefficient (Wildman–Crippen LogP) is 2.38. The first-order chi connectivity index (χ1) is 8.31. The van der Waals surface area contributed by atoms with E-state index >= 15 is 0 Å². The van der Waals surface area contributed by atoms with Crippen LogP contribution in [0.4, 0.5) is 0 Å². The lowest BCUT2D eigenvalue weighted by molar-refractivity contribution is 0.0954.